The Labute approximate surface area is 82.7 Å². The summed E-state index contributed by atoms with van der Waals surface area (Å²) in [6.45, 7) is 1.99. The van der Waals surface area contributed by atoms with Crippen LogP contribution >= 0.6 is 11.6 Å². The first kappa shape index (κ1) is 8.76. The molecule has 0 bridgehead atoms. The molecule has 0 spiro atoms. The summed E-state index contributed by atoms with van der Waals surface area (Å²) in [7, 11) is 0. The van der Waals surface area contributed by atoms with E-state index < -0.39 is 0 Å². The molecule has 0 saturated heterocycles. The molecule has 0 amide bonds. The van der Waals surface area contributed by atoms with Crippen LogP contribution in [0.4, 0.5) is 0 Å². The topological polar surface area (TPSA) is 17.1 Å². The normalized spacial score (nSPS) is 27.1. The Morgan fingerprint density at radius 2 is 1.92 bits per heavy atom. The Morgan fingerprint density at radius 1 is 1.31 bits per heavy atom. The summed E-state index contributed by atoms with van der Waals surface area (Å²) in [6, 6.07) is 7.78. The summed E-state index contributed by atoms with van der Waals surface area (Å²) in [6.07, 6.45) is 0.697. The van der Waals surface area contributed by atoms with E-state index in [1.165, 1.54) is 5.56 Å². The maximum Gasteiger partial charge on any atom is 0.136 e. The molecule has 2 rings (SSSR count). The van der Waals surface area contributed by atoms with E-state index in [-0.39, 0.29) is 5.92 Å². The number of benzene rings is 1. The molecule has 1 nitrogen and oxygen atoms in total. The second-order valence-electron chi connectivity index (χ2n) is 3.62. The Morgan fingerprint density at radius 3 is 2.38 bits per heavy atom. The number of hydrogen-bond donors (Lipinski definition) is 0. The van der Waals surface area contributed by atoms with E-state index in [0.717, 1.165) is 5.02 Å². The molecule has 0 heterocycles. The van der Waals surface area contributed by atoms with Crippen molar-refractivity contribution in [2.75, 3.05) is 0 Å². The average molecular weight is 195 g/mol. The molecule has 2 unspecified atom stereocenters. The molecule has 0 N–H and O–H groups in total. The van der Waals surface area contributed by atoms with Crippen molar-refractivity contribution in [3.63, 3.8) is 0 Å². The fourth-order valence-corrected chi connectivity index (χ4v) is 1.89. The first-order chi connectivity index (χ1) is 6.18. The van der Waals surface area contributed by atoms with Crippen LogP contribution in [0.25, 0.3) is 0 Å². The molecule has 0 aromatic heterocycles. The molecule has 1 aromatic carbocycles. The zero-order chi connectivity index (χ0) is 9.42. The van der Waals surface area contributed by atoms with Crippen LogP contribution in [0, 0.1) is 5.92 Å². The molecule has 0 aliphatic heterocycles. The smallest absolute Gasteiger partial charge is 0.136 e. The molecule has 2 heteroatoms. The van der Waals surface area contributed by atoms with Gasteiger partial charge in [0.2, 0.25) is 0 Å². The minimum atomic E-state index is 0.196. The van der Waals surface area contributed by atoms with Crippen LogP contribution in [-0.2, 0) is 4.79 Å². The van der Waals surface area contributed by atoms with Crippen LogP contribution in [0.15, 0.2) is 24.3 Å². The van der Waals surface area contributed by atoms with E-state index in [4.69, 9.17) is 11.6 Å². The lowest BCUT2D eigenvalue weighted by Gasteiger charge is -2.32. The third-order valence-corrected chi connectivity index (χ3v) is 3.08. The van der Waals surface area contributed by atoms with Gasteiger partial charge in [0.15, 0.2) is 0 Å². The maximum atomic E-state index is 11.1. The fraction of sp³-hybridized carbons (Fsp3) is 0.364. The molecule has 0 radical (unpaired) electrons. The highest BCUT2D eigenvalue weighted by Crippen LogP contribution is 2.39. The lowest BCUT2D eigenvalue weighted by molar-refractivity contribution is -0.130. The SMILES string of the molecule is CC1C(=O)CC1c1ccc(Cl)cc1. The van der Waals surface area contributed by atoms with Crippen molar-refractivity contribution in [3.05, 3.63) is 34.9 Å². The summed E-state index contributed by atoms with van der Waals surface area (Å²) in [5.41, 5.74) is 1.23. The monoisotopic (exact) mass is 194 g/mol. The second kappa shape index (κ2) is 3.15. The summed E-state index contributed by atoms with van der Waals surface area (Å²) in [5, 5.41) is 0.752. The lowest BCUT2D eigenvalue weighted by atomic mass is 9.70. The zero-order valence-corrected chi connectivity index (χ0v) is 8.21. The van der Waals surface area contributed by atoms with Crippen molar-refractivity contribution in [1.82, 2.24) is 0 Å². The van der Waals surface area contributed by atoms with E-state index in [0.29, 0.717) is 18.1 Å². The van der Waals surface area contributed by atoms with Gasteiger partial charge < -0.3 is 0 Å². The minimum Gasteiger partial charge on any atom is -0.299 e. The van der Waals surface area contributed by atoms with Gasteiger partial charge in [-0.15, -0.1) is 0 Å². The number of rotatable bonds is 1. The molecule has 2 atom stereocenters. The number of ketones is 1. The van der Waals surface area contributed by atoms with Crippen LogP contribution in [0.1, 0.15) is 24.8 Å². The molecule has 1 saturated carbocycles. The van der Waals surface area contributed by atoms with Gasteiger partial charge in [0, 0.05) is 23.3 Å². The van der Waals surface area contributed by atoms with Gasteiger partial charge in [-0.2, -0.15) is 0 Å². The second-order valence-corrected chi connectivity index (χ2v) is 4.05. The van der Waals surface area contributed by atoms with Crippen LogP contribution in [0.5, 0.6) is 0 Å². The molecule has 1 aliphatic rings. The number of carbonyl (C=O) groups is 1. The Balaban J connectivity index is 2.18. The van der Waals surface area contributed by atoms with Gasteiger partial charge in [-0.3, -0.25) is 4.79 Å². The molecule has 13 heavy (non-hydrogen) atoms. The maximum absolute atomic E-state index is 11.1. The number of carbonyl (C=O) groups excluding carboxylic acids is 1. The van der Waals surface area contributed by atoms with E-state index in [1.54, 1.807) is 0 Å². The van der Waals surface area contributed by atoms with Crippen LogP contribution in [0.2, 0.25) is 5.02 Å². The summed E-state index contributed by atoms with van der Waals surface area (Å²) in [5.74, 6) is 0.992. The van der Waals surface area contributed by atoms with Crippen molar-refractivity contribution in [1.29, 1.82) is 0 Å². The highest BCUT2D eigenvalue weighted by Gasteiger charge is 2.36. The first-order valence-corrected chi connectivity index (χ1v) is 4.84. The molecule has 1 aliphatic carbocycles. The van der Waals surface area contributed by atoms with Crippen molar-refractivity contribution >= 4 is 17.4 Å². The summed E-state index contributed by atoms with van der Waals surface area (Å²) < 4.78 is 0. The van der Waals surface area contributed by atoms with Crippen molar-refractivity contribution in [2.24, 2.45) is 5.92 Å². The Bertz CT molecular complexity index is 328. The highest BCUT2D eigenvalue weighted by atomic mass is 35.5. The van der Waals surface area contributed by atoms with Gasteiger partial charge in [0.05, 0.1) is 0 Å². The number of Topliss-reactive ketones (excluding diaryl/α,β-unsaturated/α-hetero) is 1. The van der Waals surface area contributed by atoms with Gasteiger partial charge in [0.1, 0.15) is 5.78 Å². The first-order valence-electron chi connectivity index (χ1n) is 4.46. The third-order valence-electron chi connectivity index (χ3n) is 2.83. The molecule has 1 fully saturated rings. The van der Waals surface area contributed by atoms with Crippen LogP contribution < -0.4 is 0 Å². The lowest BCUT2D eigenvalue weighted by Crippen LogP contribution is -2.32. The fourth-order valence-electron chi connectivity index (χ4n) is 1.76. The zero-order valence-electron chi connectivity index (χ0n) is 7.46. The molecule has 1 aromatic rings. The van der Waals surface area contributed by atoms with E-state index in [9.17, 15) is 4.79 Å². The summed E-state index contributed by atoms with van der Waals surface area (Å²) >= 11 is 5.78. The van der Waals surface area contributed by atoms with Gasteiger partial charge in [0.25, 0.3) is 0 Å². The summed E-state index contributed by atoms with van der Waals surface area (Å²) in [4.78, 5) is 11.1. The predicted molar refractivity (Wildman–Crippen MR) is 53.0 cm³/mol. The molecular formula is C11H11ClO. The standard InChI is InChI=1S/C11H11ClO/c1-7-10(6-11(7)13)8-2-4-9(12)5-3-8/h2-5,7,10H,6H2,1H3. The number of hydrogen-bond acceptors (Lipinski definition) is 1. The number of halogens is 1. The third kappa shape index (κ3) is 1.49. The predicted octanol–water partition coefficient (Wildman–Crippen LogP) is 3.03. The van der Waals surface area contributed by atoms with Crippen molar-refractivity contribution < 1.29 is 4.79 Å². The van der Waals surface area contributed by atoms with Gasteiger partial charge in [-0.05, 0) is 17.7 Å². The largest absolute Gasteiger partial charge is 0.299 e. The van der Waals surface area contributed by atoms with Gasteiger partial charge in [-0.25, -0.2) is 0 Å². The average Bonchev–Trinajstić information content (AvgIpc) is 2.15. The van der Waals surface area contributed by atoms with E-state index in [2.05, 4.69) is 0 Å². The van der Waals surface area contributed by atoms with E-state index in [1.807, 2.05) is 31.2 Å². The van der Waals surface area contributed by atoms with Crippen molar-refractivity contribution in [2.45, 2.75) is 19.3 Å². The van der Waals surface area contributed by atoms with Crippen LogP contribution in [-0.4, -0.2) is 5.78 Å². The Hall–Kier alpha value is -0.820. The molecule has 68 valence electrons. The van der Waals surface area contributed by atoms with Gasteiger partial charge >= 0.3 is 0 Å². The Kier molecular flexibility index (Phi) is 2.12. The quantitative estimate of drug-likeness (QED) is 0.672. The highest BCUT2D eigenvalue weighted by molar-refractivity contribution is 6.30. The van der Waals surface area contributed by atoms with E-state index >= 15 is 0 Å². The minimum absolute atomic E-state index is 0.196. The van der Waals surface area contributed by atoms with Gasteiger partial charge in [-0.1, -0.05) is 30.7 Å². The molecular weight excluding hydrogens is 184 g/mol. The van der Waals surface area contributed by atoms with Crippen molar-refractivity contribution in [3.8, 4) is 0 Å². The van der Waals surface area contributed by atoms with Crippen LogP contribution in [0.3, 0.4) is 0 Å².